The number of carbonyl (C=O) groups is 3. The summed E-state index contributed by atoms with van der Waals surface area (Å²) < 4.78 is 23.1. The van der Waals surface area contributed by atoms with Crippen molar-refractivity contribution in [2.75, 3.05) is 32.8 Å². The minimum absolute atomic E-state index is 0.0534. The van der Waals surface area contributed by atoms with E-state index in [9.17, 15) is 14.4 Å². The van der Waals surface area contributed by atoms with E-state index in [4.69, 9.17) is 18.9 Å². The van der Waals surface area contributed by atoms with Crippen LogP contribution < -0.4 is 5.32 Å². The maximum Gasteiger partial charge on any atom is 0.410 e. The second-order valence-electron chi connectivity index (χ2n) is 11.6. The lowest BCUT2D eigenvalue weighted by atomic mass is 9.96. The molecule has 3 saturated heterocycles. The monoisotopic (exact) mass is 545 g/mol. The Hall–Kier alpha value is -2.85. The Bertz CT molecular complexity index is 953. The molecule has 0 bridgehead atoms. The fraction of sp³-hybridized carbons (Fsp3) is 0.690. The smallest absolute Gasteiger partial charge is 0.410 e. The number of nitrogens with zero attached hydrogens (tertiary/aromatic N) is 2. The van der Waals surface area contributed by atoms with Gasteiger partial charge >= 0.3 is 12.2 Å². The molecular formula is C29H43N3O7. The van der Waals surface area contributed by atoms with Gasteiger partial charge in [-0.15, -0.1) is 0 Å². The highest BCUT2D eigenvalue weighted by Gasteiger charge is 2.39. The average Bonchev–Trinajstić information content (AvgIpc) is 3.46. The Morgan fingerprint density at radius 3 is 2.38 bits per heavy atom. The number of benzene rings is 1. The second kappa shape index (κ2) is 13.5. The first-order chi connectivity index (χ1) is 18.7. The van der Waals surface area contributed by atoms with Crippen LogP contribution in [0, 0.1) is 0 Å². The number of ether oxygens (including phenoxy) is 4. The molecule has 0 unspecified atom stereocenters. The normalized spacial score (nSPS) is 24.3. The van der Waals surface area contributed by atoms with E-state index in [0.29, 0.717) is 45.5 Å². The van der Waals surface area contributed by atoms with E-state index >= 15 is 0 Å². The fourth-order valence-electron chi connectivity index (χ4n) is 5.29. The summed E-state index contributed by atoms with van der Waals surface area (Å²) >= 11 is 0. The molecule has 0 radical (unpaired) electrons. The number of likely N-dealkylation sites (tertiary alicyclic amines) is 2. The van der Waals surface area contributed by atoms with Crippen LogP contribution >= 0.6 is 0 Å². The van der Waals surface area contributed by atoms with E-state index in [2.05, 4.69) is 5.32 Å². The molecule has 10 nitrogen and oxygen atoms in total. The minimum Gasteiger partial charge on any atom is -0.445 e. The first-order valence-electron chi connectivity index (χ1n) is 14.2. The molecule has 216 valence electrons. The van der Waals surface area contributed by atoms with Gasteiger partial charge < -0.3 is 34.1 Å². The van der Waals surface area contributed by atoms with Crippen LogP contribution in [0.25, 0.3) is 0 Å². The van der Waals surface area contributed by atoms with Gasteiger partial charge in [-0.3, -0.25) is 4.79 Å². The Morgan fingerprint density at radius 1 is 0.974 bits per heavy atom. The van der Waals surface area contributed by atoms with Crippen LogP contribution in [-0.2, 0) is 30.3 Å². The number of piperidine rings is 2. The van der Waals surface area contributed by atoms with Crippen molar-refractivity contribution in [3.8, 4) is 0 Å². The zero-order chi connectivity index (χ0) is 27.8. The molecule has 1 aromatic rings. The van der Waals surface area contributed by atoms with Gasteiger partial charge in [0.05, 0.1) is 24.8 Å². The second-order valence-corrected chi connectivity index (χ2v) is 11.6. The van der Waals surface area contributed by atoms with E-state index in [1.165, 1.54) is 0 Å². The summed E-state index contributed by atoms with van der Waals surface area (Å²) in [5.74, 6) is -0.132. The number of rotatable bonds is 7. The molecule has 10 heteroatoms. The van der Waals surface area contributed by atoms with Crippen molar-refractivity contribution in [3.63, 3.8) is 0 Å². The summed E-state index contributed by atoms with van der Waals surface area (Å²) in [6, 6.07) is 8.94. The lowest BCUT2D eigenvalue weighted by Crippen LogP contribution is -2.60. The first kappa shape index (κ1) is 29.1. The molecule has 3 heterocycles. The molecule has 4 rings (SSSR count). The van der Waals surface area contributed by atoms with Crippen LogP contribution in [0.5, 0.6) is 0 Å². The zero-order valence-electron chi connectivity index (χ0n) is 23.4. The molecule has 0 aromatic heterocycles. The number of nitrogens with one attached hydrogen (secondary N) is 1. The van der Waals surface area contributed by atoms with E-state index in [1.54, 1.807) is 9.80 Å². The van der Waals surface area contributed by atoms with Gasteiger partial charge in [0, 0.05) is 26.2 Å². The van der Waals surface area contributed by atoms with Gasteiger partial charge in [-0.05, 0) is 64.9 Å². The van der Waals surface area contributed by atoms with Crippen molar-refractivity contribution in [1.29, 1.82) is 0 Å². The average molecular weight is 546 g/mol. The van der Waals surface area contributed by atoms with E-state index < -0.39 is 17.8 Å². The van der Waals surface area contributed by atoms with Crippen LogP contribution in [0.3, 0.4) is 0 Å². The summed E-state index contributed by atoms with van der Waals surface area (Å²) in [5, 5.41) is 3.14. The van der Waals surface area contributed by atoms with Crippen LogP contribution in [0.2, 0.25) is 0 Å². The van der Waals surface area contributed by atoms with Gasteiger partial charge in [0.2, 0.25) is 5.91 Å². The van der Waals surface area contributed by atoms with Gasteiger partial charge in [-0.1, -0.05) is 30.3 Å². The molecule has 0 spiro atoms. The molecule has 3 aliphatic rings. The van der Waals surface area contributed by atoms with E-state index in [-0.39, 0.29) is 43.4 Å². The Balaban J connectivity index is 1.36. The van der Waals surface area contributed by atoms with Crippen LogP contribution in [-0.4, -0.2) is 90.6 Å². The Morgan fingerprint density at radius 2 is 1.72 bits per heavy atom. The SMILES string of the molecule is CC(C)(C)OC(=O)N1CCC(OC[C@@H]2[C@H](NC(=O)[C@@H]3CCCO3)CCCN2C(=O)OCc2ccccc2)CC1. The quantitative estimate of drug-likeness (QED) is 0.554. The van der Waals surface area contributed by atoms with Gasteiger partial charge in [-0.25, -0.2) is 9.59 Å². The van der Waals surface area contributed by atoms with E-state index in [1.807, 2.05) is 51.1 Å². The summed E-state index contributed by atoms with van der Waals surface area (Å²) in [7, 11) is 0. The van der Waals surface area contributed by atoms with Crippen molar-refractivity contribution < 1.29 is 33.3 Å². The zero-order valence-corrected chi connectivity index (χ0v) is 23.4. The number of carbonyl (C=O) groups excluding carboxylic acids is 3. The number of amides is 3. The molecule has 1 N–H and O–H groups in total. The minimum atomic E-state index is -0.535. The summed E-state index contributed by atoms with van der Waals surface area (Å²) in [6.07, 6.45) is 3.21. The maximum atomic E-state index is 13.2. The molecule has 0 aliphatic carbocycles. The number of hydrogen-bond donors (Lipinski definition) is 1. The van der Waals surface area contributed by atoms with Gasteiger partial charge in [0.15, 0.2) is 0 Å². The van der Waals surface area contributed by atoms with Gasteiger partial charge in [-0.2, -0.15) is 0 Å². The molecule has 1 aromatic carbocycles. The van der Waals surface area contributed by atoms with E-state index in [0.717, 1.165) is 24.8 Å². The lowest BCUT2D eigenvalue weighted by Gasteiger charge is -2.42. The molecule has 3 atom stereocenters. The van der Waals surface area contributed by atoms with Crippen LogP contribution in [0.1, 0.15) is 64.9 Å². The molecule has 3 fully saturated rings. The Kier molecular flexibility index (Phi) is 10.1. The predicted octanol–water partition coefficient (Wildman–Crippen LogP) is 3.87. The highest BCUT2D eigenvalue weighted by Crippen LogP contribution is 2.24. The highest BCUT2D eigenvalue weighted by molar-refractivity contribution is 5.81. The lowest BCUT2D eigenvalue weighted by molar-refractivity contribution is -0.132. The fourth-order valence-corrected chi connectivity index (χ4v) is 5.29. The third-order valence-corrected chi connectivity index (χ3v) is 7.36. The first-order valence-corrected chi connectivity index (χ1v) is 14.2. The van der Waals surface area contributed by atoms with Crippen molar-refractivity contribution in [3.05, 3.63) is 35.9 Å². The Labute approximate surface area is 231 Å². The van der Waals surface area contributed by atoms with Crippen molar-refractivity contribution in [2.45, 2.75) is 95.8 Å². The van der Waals surface area contributed by atoms with Crippen LogP contribution in [0.4, 0.5) is 9.59 Å². The third kappa shape index (κ3) is 8.57. The summed E-state index contributed by atoms with van der Waals surface area (Å²) in [5.41, 5.74) is 0.378. The number of hydrogen-bond acceptors (Lipinski definition) is 7. The van der Waals surface area contributed by atoms with Crippen LogP contribution in [0.15, 0.2) is 30.3 Å². The molecule has 0 saturated carbocycles. The third-order valence-electron chi connectivity index (χ3n) is 7.36. The molecule has 3 amide bonds. The molecular weight excluding hydrogens is 502 g/mol. The van der Waals surface area contributed by atoms with Crippen molar-refractivity contribution >= 4 is 18.1 Å². The summed E-state index contributed by atoms with van der Waals surface area (Å²) in [4.78, 5) is 41.9. The maximum absolute atomic E-state index is 13.2. The topological polar surface area (TPSA) is 107 Å². The summed E-state index contributed by atoms with van der Waals surface area (Å²) in [6.45, 7) is 8.24. The van der Waals surface area contributed by atoms with Crippen molar-refractivity contribution in [1.82, 2.24) is 15.1 Å². The predicted molar refractivity (Wildman–Crippen MR) is 144 cm³/mol. The molecule has 3 aliphatic heterocycles. The van der Waals surface area contributed by atoms with Gasteiger partial charge in [0.25, 0.3) is 0 Å². The highest BCUT2D eigenvalue weighted by atomic mass is 16.6. The molecule has 39 heavy (non-hydrogen) atoms. The standard InChI is InChI=1S/C29H43N3O7/c1-29(2,3)39-27(34)31-16-13-22(14-17-31)37-20-24-23(30-26(33)25-12-8-18-36-25)11-7-15-32(24)28(35)38-19-21-9-5-4-6-10-21/h4-6,9-10,22-25H,7-8,11-20H2,1-3H3,(H,30,33)/t23-,24-,25+/m1/s1. The largest absolute Gasteiger partial charge is 0.445 e. The van der Waals surface area contributed by atoms with Gasteiger partial charge in [0.1, 0.15) is 18.3 Å². The van der Waals surface area contributed by atoms with Crippen molar-refractivity contribution in [2.24, 2.45) is 0 Å².